The molecule has 0 spiro atoms. The van der Waals surface area contributed by atoms with Gasteiger partial charge in [0.1, 0.15) is 12.1 Å². The smallest absolute Gasteiger partial charge is 0.158 e. The number of aromatic amines is 1. The average Bonchev–Trinajstić information content (AvgIpc) is 3.35. The van der Waals surface area contributed by atoms with E-state index in [-0.39, 0.29) is 0 Å². The number of carbonyl (C=O) groups excluding carboxylic acids is 1. The summed E-state index contributed by atoms with van der Waals surface area (Å²) in [5, 5.41) is 4.37. The Morgan fingerprint density at radius 1 is 1.13 bits per heavy atom. The molecule has 154 valence electrons. The summed E-state index contributed by atoms with van der Waals surface area (Å²) in [5.74, 6) is 1.07. The molecule has 1 N–H and O–H groups in total. The van der Waals surface area contributed by atoms with Gasteiger partial charge < -0.3 is 4.98 Å². The lowest BCUT2D eigenvalue weighted by atomic mass is 9.86. The van der Waals surface area contributed by atoms with Crippen molar-refractivity contribution >= 4 is 22.5 Å². The average molecular weight is 402 g/mol. The minimum Gasteiger partial charge on any atom is -0.353 e. The third kappa shape index (κ3) is 2.93. The molecular weight excluding hydrogens is 374 g/mol. The minimum atomic E-state index is 0.315. The van der Waals surface area contributed by atoms with Crippen LogP contribution in [0.1, 0.15) is 73.8 Å². The molecule has 1 saturated carbocycles. The summed E-state index contributed by atoms with van der Waals surface area (Å²) in [6, 6.07) is 4.28. The molecule has 0 bridgehead atoms. The van der Waals surface area contributed by atoms with Gasteiger partial charge in [0.25, 0.3) is 0 Å². The molecule has 6 heteroatoms. The first kappa shape index (κ1) is 19.0. The lowest BCUT2D eigenvalue weighted by Crippen LogP contribution is -2.13. The SMILES string of the molecule is Cc1c(-c2[nH]c3ccc(C4CCC(=O)CC4)nc3c2C(C)C)cn2ncnc2c1C. The number of fused-ring (bicyclic) bond motifs is 2. The zero-order valence-electron chi connectivity index (χ0n) is 18.0. The standard InChI is InChI=1S/C24H27N5O/c1-13(2)21-22(18-11-29-24(25-12-26-29)15(4)14(18)3)28-20-10-9-19(27-23(20)21)16-5-7-17(30)8-6-16/h9-13,16,28H,5-8H2,1-4H3. The van der Waals surface area contributed by atoms with Crippen LogP contribution in [-0.4, -0.2) is 30.3 Å². The molecular formula is C24H27N5O. The van der Waals surface area contributed by atoms with Crippen molar-refractivity contribution in [3.63, 3.8) is 0 Å². The summed E-state index contributed by atoms with van der Waals surface area (Å²) in [6.07, 6.45) is 6.84. The maximum absolute atomic E-state index is 11.7. The predicted octanol–water partition coefficient (Wildman–Crippen LogP) is 5.24. The van der Waals surface area contributed by atoms with E-state index >= 15 is 0 Å². The number of Topliss-reactive ketones (excluding diaryl/α,β-unsaturated/α-hetero) is 1. The molecule has 4 heterocycles. The van der Waals surface area contributed by atoms with E-state index in [4.69, 9.17) is 4.98 Å². The van der Waals surface area contributed by atoms with Gasteiger partial charge in [-0.05, 0) is 55.9 Å². The molecule has 0 aromatic carbocycles. The Bertz CT molecular complexity index is 1270. The Morgan fingerprint density at radius 3 is 2.63 bits per heavy atom. The molecule has 1 aliphatic rings. The minimum absolute atomic E-state index is 0.315. The van der Waals surface area contributed by atoms with Gasteiger partial charge in [0.15, 0.2) is 5.65 Å². The Labute approximate surface area is 175 Å². The molecule has 4 aromatic rings. The fourth-order valence-electron chi connectivity index (χ4n) is 4.79. The third-order valence-corrected chi connectivity index (χ3v) is 6.64. The molecule has 0 saturated heterocycles. The van der Waals surface area contributed by atoms with Crippen LogP contribution in [0.15, 0.2) is 24.7 Å². The van der Waals surface area contributed by atoms with Crippen LogP contribution < -0.4 is 0 Å². The Morgan fingerprint density at radius 2 is 1.90 bits per heavy atom. The number of ketones is 1. The lowest BCUT2D eigenvalue weighted by molar-refractivity contribution is -0.120. The van der Waals surface area contributed by atoms with Gasteiger partial charge in [-0.15, -0.1) is 0 Å². The van der Waals surface area contributed by atoms with Crippen molar-refractivity contribution in [2.24, 2.45) is 0 Å². The molecule has 0 unspecified atom stereocenters. The summed E-state index contributed by atoms with van der Waals surface area (Å²) >= 11 is 0. The van der Waals surface area contributed by atoms with Crippen molar-refractivity contribution in [3.05, 3.63) is 47.0 Å². The molecule has 0 radical (unpaired) electrons. The van der Waals surface area contributed by atoms with Gasteiger partial charge in [0.2, 0.25) is 0 Å². The highest BCUT2D eigenvalue weighted by Crippen LogP contribution is 2.38. The molecule has 0 aliphatic heterocycles. The second-order valence-electron chi connectivity index (χ2n) is 8.83. The van der Waals surface area contributed by atoms with Gasteiger partial charge in [0.05, 0.1) is 16.7 Å². The Kier molecular flexibility index (Phi) is 4.45. The van der Waals surface area contributed by atoms with E-state index in [0.717, 1.165) is 52.0 Å². The van der Waals surface area contributed by atoms with Gasteiger partial charge in [-0.3, -0.25) is 9.78 Å². The van der Waals surface area contributed by atoms with Crippen molar-refractivity contribution in [3.8, 4) is 11.3 Å². The Hall–Kier alpha value is -3.02. The quantitative estimate of drug-likeness (QED) is 0.509. The van der Waals surface area contributed by atoms with Crippen molar-refractivity contribution in [2.45, 2.75) is 65.2 Å². The first-order valence-electron chi connectivity index (χ1n) is 10.8. The molecule has 6 nitrogen and oxygen atoms in total. The van der Waals surface area contributed by atoms with Crippen LogP contribution in [0, 0.1) is 13.8 Å². The maximum atomic E-state index is 11.7. The molecule has 30 heavy (non-hydrogen) atoms. The fourth-order valence-corrected chi connectivity index (χ4v) is 4.79. The number of hydrogen-bond acceptors (Lipinski definition) is 4. The van der Waals surface area contributed by atoms with E-state index in [2.05, 4.69) is 61.1 Å². The van der Waals surface area contributed by atoms with Gasteiger partial charge in [-0.1, -0.05) is 13.8 Å². The second kappa shape index (κ2) is 7.04. The van der Waals surface area contributed by atoms with Crippen LogP contribution >= 0.6 is 0 Å². The Balaban J connectivity index is 1.69. The molecule has 5 rings (SSSR count). The van der Waals surface area contributed by atoms with E-state index in [9.17, 15) is 4.79 Å². The summed E-state index contributed by atoms with van der Waals surface area (Å²) in [4.78, 5) is 24.8. The highest BCUT2D eigenvalue weighted by molar-refractivity contribution is 5.89. The number of pyridine rings is 2. The highest BCUT2D eigenvalue weighted by atomic mass is 16.1. The molecule has 0 atom stereocenters. The van der Waals surface area contributed by atoms with Crippen molar-refractivity contribution < 1.29 is 4.79 Å². The zero-order chi connectivity index (χ0) is 21.0. The van der Waals surface area contributed by atoms with Crippen molar-refractivity contribution in [1.29, 1.82) is 0 Å². The summed E-state index contributed by atoms with van der Waals surface area (Å²) in [7, 11) is 0. The van der Waals surface area contributed by atoms with Gasteiger partial charge in [-0.2, -0.15) is 5.10 Å². The van der Waals surface area contributed by atoms with Crippen LogP contribution in [0.4, 0.5) is 0 Å². The number of carbonyl (C=O) groups is 1. The third-order valence-electron chi connectivity index (χ3n) is 6.64. The predicted molar refractivity (Wildman–Crippen MR) is 118 cm³/mol. The second-order valence-corrected chi connectivity index (χ2v) is 8.83. The molecule has 4 aromatic heterocycles. The first-order valence-corrected chi connectivity index (χ1v) is 10.8. The number of H-pyrrole nitrogens is 1. The normalized spacial score (nSPS) is 15.7. The summed E-state index contributed by atoms with van der Waals surface area (Å²) in [5.41, 5.74) is 9.94. The van der Waals surface area contributed by atoms with E-state index in [0.29, 0.717) is 30.5 Å². The number of hydrogen-bond donors (Lipinski definition) is 1. The lowest BCUT2D eigenvalue weighted by Gasteiger charge is -2.20. The van der Waals surface area contributed by atoms with E-state index in [1.807, 2.05) is 4.52 Å². The van der Waals surface area contributed by atoms with Gasteiger partial charge in [-0.25, -0.2) is 9.50 Å². The van der Waals surface area contributed by atoms with Crippen LogP contribution in [0.2, 0.25) is 0 Å². The van der Waals surface area contributed by atoms with E-state index in [1.165, 1.54) is 11.1 Å². The van der Waals surface area contributed by atoms with Crippen LogP contribution in [0.25, 0.3) is 27.9 Å². The highest BCUT2D eigenvalue weighted by Gasteiger charge is 2.24. The van der Waals surface area contributed by atoms with Crippen molar-refractivity contribution in [2.75, 3.05) is 0 Å². The van der Waals surface area contributed by atoms with E-state index in [1.54, 1.807) is 6.33 Å². The fraction of sp³-hybridized carbons (Fsp3) is 0.417. The maximum Gasteiger partial charge on any atom is 0.158 e. The largest absolute Gasteiger partial charge is 0.353 e. The van der Waals surface area contributed by atoms with Gasteiger partial charge >= 0.3 is 0 Å². The van der Waals surface area contributed by atoms with Crippen LogP contribution in [0.3, 0.4) is 0 Å². The molecule has 1 fully saturated rings. The van der Waals surface area contributed by atoms with Crippen molar-refractivity contribution in [1.82, 2.24) is 24.6 Å². The van der Waals surface area contributed by atoms with Crippen LogP contribution in [0.5, 0.6) is 0 Å². The number of nitrogens with one attached hydrogen (secondary N) is 1. The number of aryl methyl sites for hydroxylation is 1. The topological polar surface area (TPSA) is 75.9 Å². The van der Waals surface area contributed by atoms with E-state index < -0.39 is 0 Å². The summed E-state index contributed by atoms with van der Waals surface area (Å²) in [6.45, 7) is 8.68. The number of nitrogens with zero attached hydrogens (tertiary/aromatic N) is 4. The zero-order valence-corrected chi connectivity index (χ0v) is 18.0. The molecule has 0 amide bonds. The number of aromatic nitrogens is 5. The van der Waals surface area contributed by atoms with Gasteiger partial charge in [0, 0.05) is 41.8 Å². The summed E-state index contributed by atoms with van der Waals surface area (Å²) < 4.78 is 1.85. The first-order chi connectivity index (χ1) is 14.4. The molecule has 1 aliphatic carbocycles. The number of rotatable bonds is 3. The monoisotopic (exact) mass is 401 g/mol. The van der Waals surface area contributed by atoms with Crippen LogP contribution in [-0.2, 0) is 4.79 Å².